The van der Waals surface area contributed by atoms with Crippen LogP contribution in [0, 0.1) is 17.8 Å². The number of benzene rings is 2. The fourth-order valence-corrected chi connectivity index (χ4v) is 6.20. The van der Waals surface area contributed by atoms with Gasteiger partial charge in [0.25, 0.3) is 0 Å². The number of carbonyl (C=O) groups excluding carboxylic acids is 1. The third kappa shape index (κ3) is 4.14. The largest absolute Gasteiger partial charge is 0.490 e. The molecule has 3 heteroatoms. The minimum Gasteiger partial charge on any atom is -0.490 e. The topological polar surface area (TPSA) is 29.5 Å². The van der Waals surface area contributed by atoms with E-state index >= 15 is 0 Å². The molecule has 0 amide bonds. The predicted molar refractivity (Wildman–Crippen MR) is 122 cm³/mol. The van der Waals surface area contributed by atoms with Gasteiger partial charge in [-0.15, -0.1) is 0 Å². The molecule has 3 fully saturated rings. The van der Waals surface area contributed by atoms with Gasteiger partial charge in [-0.25, -0.2) is 0 Å². The number of rotatable bonds is 6. The molecule has 2 unspecified atom stereocenters. The molecule has 3 aliphatic rings. The van der Waals surface area contributed by atoms with Crippen LogP contribution in [0.15, 0.2) is 36.4 Å². The van der Waals surface area contributed by atoms with Gasteiger partial charge in [-0.2, -0.15) is 0 Å². The molecular weight excluding hydrogens is 370 g/mol. The molecule has 1 saturated heterocycles. The maximum atomic E-state index is 12.1. The molecule has 5 rings (SSSR count). The number of hydrogen-bond donors (Lipinski definition) is 0. The summed E-state index contributed by atoms with van der Waals surface area (Å²) in [6, 6.07) is 13.4. The minimum atomic E-state index is 0.343. The predicted octanol–water partition coefficient (Wildman–Crippen LogP) is 5.99. The molecule has 2 aromatic carbocycles. The number of likely N-dealkylation sites (tertiary alicyclic amines) is 1. The highest BCUT2D eigenvalue weighted by molar-refractivity contribution is 5.88. The number of nitrogens with zero attached hydrogens (tertiary/aromatic N) is 1. The summed E-state index contributed by atoms with van der Waals surface area (Å²) in [5.74, 6) is 3.32. The summed E-state index contributed by atoms with van der Waals surface area (Å²) >= 11 is 0. The van der Waals surface area contributed by atoms with Crippen molar-refractivity contribution >= 4 is 16.6 Å². The van der Waals surface area contributed by atoms with Gasteiger partial charge in [0.1, 0.15) is 11.5 Å². The van der Waals surface area contributed by atoms with Crippen molar-refractivity contribution in [3.63, 3.8) is 0 Å². The average Bonchev–Trinajstić information content (AvgIpc) is 3.33. The third-order valence-corrected chi connectivity index (χ3v) is 7.79. The van der Waals surface area contributed by atoms with Gasteiger partial charge >= 0.3 is 0 Å². The molecule has 0 aromatic heterocycles. The highest BCUT2D eigenvalue weighted by Crippen LogP contribution is 2.42. The van der Waals surface area contributed by atoms with E-state index in [1.165, 1.54) is 48.4 Å². The Bertz CT molecular complexity index is 887. The second-order valence-corrected chi connectivity index (χ2v) is 9.89. The zero-order chi connectivity index (χ0) is 20.5. The van der Waals surface area contributed by atoms with Crippen LogP contribution in [0.4, 0.5) is 0 Å². The monoisotopic (exact) mass is 405 g/mol. The molecule has 1 heterocycles. The number of ether oxygens (including phenoxy) is 1. The molecule has 3 nitrogen and oxygen atoms in total. The second kappa shape index (κ2) is 8.70. The van der Waals surface area contributed by atoms with E-state index in [0.717, 1.165) is 50.1 Å². The van der Waals surface area contributed by atoms with Gasteiger partial charge in [0.2, 0.25) is 0 Å². The summed E-state index contributed by atoms with van der Waals surface area (Å²) in [7, 11) is 0. The van der Waals surface area contributed by atoms with E-state index in [2.05, 4.69) is 41.3 Å². The van der Waals surface area contributed by atoms with E-state index in [1.807, 2.05) is 6.92 Å². The summed E-state index contributed by atoms with van der Waals surface area (Å²) in [4.78, 5) is 14.7. The molecule has 2 saturated carbocycles. The lowest BCUT2D eigenvalue weighted by Gasteiger charge is -2.24. The van der Waals surface area contributed by atoms with Crippen LogP contribution in [0.25, 0.3) is 10.8 Å². The van der Waals surface area contributed by atoms with Gasteiger partial charge in [0, 0.05) is 37.4 Å². The molecule has 0 spiro atoms. The van der Waals surface area contributed by atoms with Gasteiger partial charge in [-0.3, -0.25) is 9.69 Å². The van der Waals surface area contributed by atoms with E-state index in [-0.39, 0.29) is 0 Å². The van der Waals surface area contributed by atoms with Crippen LogP contribution in [0.1, 0.15) is 63.9 Å². The zero-order valence-electron chi connectivity index (χ0n) is 18.3. The molecular formula is C27H35NO2. The quantitative estimate of drug-likeness (QED) is 0.591. The van der Waals surface area contributed by atoms with Gasteiger partial charge < -0.3 is 4.74 Å². The van der Waals surface area contributed by atoms with Crippen molar-refractivity contribution in [2.75, 3.05) is 13.1 Å². The highest BCUT2D eigenvalue weighted by atomic mass is 16.5. The fraction of sp³-hybridized carbons (Fsp3) is 0.593. The van der Waals surface area contributed by atoms with Crippen LogP contribution in [0.2, 0.25) is 0 Å². The van der Waals surface area contributed by atoms with E-state index < -0.39 is 0 Å². The molecule has 0 N–H and O–H groups in total. The Labute approximate surface area is 180 Å². The van der Waals surface area contributed by atoms with Gasteiger partial charge in [0.15, 0.2) is 0 Å². The molecule has 0 radical (unpaired) electrons. The molecule has 2 aromatic rings. The lowest BCUT2D eigenvalue weighted by Crippen LogP contribution is -2.23. The summed E-state index contributed by atoms with van der Waals surface area (Å²) in [5, 5.41) is 2.53. The first-order chi connectivity index (χ1) is 14.7. The van der Waals surface area contributed by atoms with Crippen molar-refractivity contribution in [2.24, 2.45) is 17.8 Å². The lowest BCUT2D eigenvalue weighted by molar-refractivity contribution is -0.122. The van der Waals surface area contributed by atoms with Crippen LogP contribution < -0.4 is 4.74 Å². The number of fused-ring (bicyclic) bond motifs is 2. The number of Topliss-reactive ketones (excluding diaryl/α,β-unsaturated/α-hetero) is 1. The summed E-state index contributed by atoms with van der Waals surface area (Å²) in [6.07, 6.45) is 9.66. The van der Waals surface area contributed by atoms with Crippen molar-refractivity contribution in [2.45, 2.75) is 70.9 Å². The Morgan fingerprint density at radius 1 is 1.03 bits per heavy atom. The van der Waals surface area contributed by atoms with Crippen molar-refractivity contribution in [1.29, 1.82) is 0 Å². The number of hydrogen-bond acceptors (Lipinski definition) is 3. The Hall–Kier alpha value is -1.87. The summed E-state index contributed by atoms with van der Waals surface area (Å²) in [6.45, 7) is 5.33. The van der Waals surface area contributed by atoms with E-state index in [4.69, 9.17) is 4.74 Å². The van der Waals surface area contributed by atoms with Crippen LogP contribution in [0.3, 0.4) is 0 Å². The second-order valence-electron chi connectivity index (χ2n) is 9.89. The fourth-order valence-electron chi connectivity index (χ4n) is 6.20. The van der Waals surface area contributed by atoms with Gasteiger partial charge in [-0.1, -0.05) is 37.6 Å². The highest BCUT2D eigenvalue weighted by Gasteiger charge is 2.42. The van der Waals surface area contributed by atoms with E-state index in [9.17, 15) is 4.79 Å². The smallest absolute Gasteiger partial charge is 0.135 e. The molecule has 1 aliphatic heterocycles. The number of carbonyl (C=O) groups is 1. The van der Waals surface area contributed by atoms with Crippen molar-refractivity contribution in [3.8, 4) is 5.75 Å². The zero-order valence-corrected chi connectivity index (χ0v) is 18.3. The molecule has 2 aliphatic carbocycles. The normalized spacial score (nSPS) is 27.4. The Morgan fingerprint density at radius 2 is 1.80 bits per heavy atom. The van der Waals surface area contributed by atoms with Crippen LogP contribution >= 0.6 is 0 Å². The first-order valence-corrected chi connectivity index (χ1v) is 12.1. The van der Waals surface area contributed by atoms with Crippen molar-refractivity contribution < 1.29 is 9.53 Å². The first kappa shape index (κ1) is 20.1. The lowest BCUT2D eigenvalue weighted by atomic mass is 9.97. The maximum absolute atomic E-state index is 12.1. The molecule has 160 valence electrons. The third-order valence-electron chi connectivity index (χ3n) is 7.79. The summed E-state index contributed by atoms with van der Waals surface area (Å²) in [5.41, 5.74) is 1.39. The van der Waals surface area contributed by atoms with Crippen LogP contribution in [-0.4, -0.2) is 29.9 Å². The average molecular weight is 406 g/mol. The van der Waals surface area contributed by atoms with Crippen LogP contribution in [0.5, 0.6) is 5.75 Å². The Kier molecular flexibility index (Phi) is 5.82. The van der Waals surface area contributed by atoms with Crippen molar-refractivity contribution in [3.05, 3.63) is 42.0 Å². The Morgan fingerprint density at radius 3 is 2.53 bits per heavy atom. The summed E-state index contributed by atoms with van der Waals surface area (Å²) < 4.78 is 6.39. The standard InChI is InChI=1S/C27H35NO2/c1-2-26(29)21-14-22-17-28(18-23(22)15-21)16-19-11-12-25-20(13-19)7-6-10-27(25)30-24-8-4-3-5-9-24/h6-7,10-13,21-24H,2-5,8-9,14-18H2,1H3. The van der Waals surface area contributed by atoms with Gasteiger partial charge in [-0.05, 0) is 73.4 Å². The molecule has 0 bridgehead atoms. The molecule has 2 atom stereocenters. The SMILES string of the molecule is CCC(=O)C1CC2CN(Cc3ccc4c(OC5CCCCC5)cccc4c3)CC2C1. The Balaban J connectivity index is 1.24. The first-order valence-electron chi connectivity index (χ1n) is 12.1. The maximum Gasteiger partial charge on any atom is 0.135 e. The van der Waals surface area contributed by atoms with E-state index in [1.54, 1.807) is 0 Å². The van der Waals surface area contributed by atoms with Gasteiger partial charge in [0.05, 0.1) is 6.10 Å². The number of ketones is 1. The minimum absolute atomic E-state index is 0.343. The molecule has 30 heavy (non-hydrogen) atoms. The van der Waals surface area contributed by atoms with Crippen molar-refractivity contribution in [1.82, 2.24) is 4.90 Å². The van der Waals surface area contributed by atoms with Crippen LogP contribution in [-0.2, 0) is 11.3 Å². The van der Waals surface area contributed by atoms with E-state index in [0.29, 0.717) is 24.2 Å².